The molecule has 0 unspecified atom stereocenters. The summed E-state index contributed by atoms with van der Waals surface area (Å²) in [5, 5.41) is 71.6. The van der Waals surface area contributed by atoms with Crippen molar-refractivity contribution in [1.82, 2.24) is 0 Å². The van der Waals surface area contributed by atoms with Gasteiger partial charge in [-0.1, -0.05) is 99.4 Å². The molecule has 0 spiro atoms. The fourth-order valence-electron chi connectivity index (χ4n) is 4.42. The number of benzene rings is 4. The molecular formula is C34H42B4O12. The van der Waals surface area contributed by atoms with Crippen molar-refractivity contribution >= 4 is 75.1 Å². The van der Waals surface area contributed by atoms with E-state index in [0.717, 1.165) is 6.29 Å². The van der Waals surface area contributed by atoms with Crippen molar-refractivity contribution in [2.24, 2.45) is 0 Å². The predicted octanol–water partition coefficient (Wildman–Crippen LogP) is -1.07. The molecule has 0 amide bonds. The van der Waals surface area contributed by atoms with E-state index in [2.05, 4.69) is 0 Å². The van der Waals surface area contributed by atoms with Crippen LogP contribution in [0.5, 0.6) is 0 Å². The zero-order chi connectivity index (χ0) is 37.1. The van der Waals surface area contributed by atoms with Gasteiger partial charge in [-0.15, -0.1) is 0 Å². The summed E-state index contributed by atoms with van der Waals surface area (Å²) in [7, 11) is -3.27. The number of carbonyl (C=O) groups excluding carboxylic acids is 4. The van der Waals surface area contributed by atoms with Crippen LogP contribution in [-0.4, -0.2) is 93.6 Å². The van der Waals surface area contributed by atoms with Crippen LogP contribution in [0.4, 0.5) is 0 Å². The molecule has 4 rings (SSSR count). The fourth-order valence-corrected chi connectivity index (χ4v) is 4.42. The molecule has 50 heavy (non-hydrogen) atoms. The summed E-state index contributed by atoms with van der Waals surface area (Å²) in [6.07, 6.45) is 2.58. The van der Waals surface area contributed by atoms with Crippen LogP contribution in [0.15, 0.2) is 78.9 Å². The molecule has 0 aliphatic carbocycles. The van der Waals surface area contributed by atoms with E-state index in [-0.39, 0.29) is 37.1 Å². The first-order valence-electron chi connectivity index (χ1n) is 14.8. The Morgan fingerprint density at radius 1 is 0.520 bits per heavy atom. The number of carbonyl (C=O) groups is 4. The Bertz CT molecular complexity index is 1660. The van der Waals surface area contributed by atoms with Gasteiger partial charge in [0.05, 0.1) is 13.2 Å². The molecule has 0 saturated carbocycles. The lowest BCUT2D eigenvalue weighted by Crippen LogP contribution is -2.35. The van der Waals surface area contributed by atoms with Crippen molar-refractivity contribution in [2.75, 3.05) is 0 Å². The highest BCUT2D eigenvalue weighted by atomic mass is 16.4. The van der Waals surface area contributed by atoms with Crippen molar-refractivity contribution in [3.8, 4) is 0 Å². The Labute approximate surface area is 293 Å². The van der Waals surface area contributed by atoms with Gasteiger partial charge in [0.25, 0.3) is 0 Å². The molecule has 0 saturated heterocycles. The van der Waals surface area contributed by atoms with E-state index in [1.807, 2.05) is 0 Å². The zero-order valence-electron chi connectivity index (χ0n) is 27.2. The minimum absolute atomic E-state index is 0. The van der Waals surface area contributed by atoms with Crippen LogP contribution in [0, 0.1) is 6.92 Å². The fraction of sp³-hybridized carbons (Fsp3) is 0.176. The predicted molar refractivity (Wildman–Crippen MR) is 197 cm³/mol. The number of aldehydes is 4. The average Bonchev–Trinajstić information content (AvgIpc) is 3.11. The third-order valence-electron chi connectivity index (χ3n) is 6.97. The lowest BCUT2D eigenvalue weighted by atomic mass is 9.62. The highest BCUT2D eigenvalue weighted by Crippen LogP contribution is 2.03. The molecular weight excluding hydrogens is 644 g/mol. The number of aliphatic hydroxyl groups excluding tert-OH is 2. The summed E-state index contributed by atoms with van der Waals surface area (Å²) < 4.78 is 0. The third kappa shape index (κ3) is 14.2. The third-order valence-corrected chi connectivity index (χ3v) is 6.97. The van der Waals surface area contributed by atoms with Gasteiger partial charge in [0.1, 0.15) is 25.1 Å². The van der Waals surface area contributed by atoms with Crippen LogP contribution in [0.2, 0.25) is 13.6 Å². The summed E-state index contributed by atoms with van der Waals surface area (Å²) in [5.74, 6) is 0. The van der Waals surface area contributed by atoms with Gasteiger partial charge in [0, 0.05) is 22.3 Å². The Balaban J connectivity index is 0.000000637. The van der Waals surface area contributed by atoms with Crippen LogP contribution < -0.4 is 21.9 Å². The molecule has 16 heteroatoms. The Morgan fingerprint density at radius 2 is 0.980 bits per heavy atom. The van der Waals surface area contributed by atoms with Gasteiger partial charge in [-0.25, -0.2) is 0 Å². The van der Waals surface area contributed by atoms with Gasteiger partial charge >= 0.3 is 28.1 Å². The zero-order valence-corrected chi connectivity index (χ0v) is 27.2. The van der Waals surface area contributed by atoms with Crippen molar-refractivity contribution in [1.29, 1.82) is 0 Å². The van der Waals surface area contributed by atoms with Crippen LogP contribution >= 0.6 is 0 Å². The monoisotopic (exact) mass is 686 g/mol. The summed E-state index contributed by atoms with van der Waals surface area (Å²) in [6.45, 7) is 3.44. The van der Waals surface area contributed by atoms with Crippen molar-refractivity contribution in [3.05, 3.63) is 118 Å². The SMILES string of the molecule is C.CB(O)c1ccc(CO)cc1C=O.CB(O)c1ccccc1C=O.Cc1cccc(C=O)c1B(O)O.O=Cc1ccc(CO)cc1B(O)O. The Morgan fingerprint density at radius 3 is 1.42 bits per heavy atom. The van der Waals surface area contributed by atoms with Gasteiger partial charge in [-0.2, -0.15) is 0 Å². The maximum atomic E-state index is 10.6. The van der Waals surface area contributed by atoms with Gasteiger partial charge in [0.2, 0.25) is 0 Å². The van der Waals surface area contributed by atoms with Crippen LogP contribution in [0.1, 0.15) is 65.5 Å². The van der Waals surface area contributed by atoms with Gasteiger partial charge in [-0.05, 0) is 46.0 Å². The molecule has 4 aromatic rings. The van der Waals surface area contributed by atoms with E-state index in [1.54, 1.807) is 87.3 Å². The van der Waals surface area contributed by atoms with E-state index in [4.69, 9.17) is 30.3 Å². The number of hydrogen-bond donors (Lipinski definition) is 8. The van der Waals surface area contributed by atoms with Gasteiger partial charge < -0.3 is 40.4 Å². The molecule has 12 nitrogen and oxygen atoms in total. The first-order chi connectivity index (χ1) is 23.3. The molecule has 8 N–H and O–H groups in total. The quantitative estimate of drug-likeness (QED) is 0.0737. The van der Waals surface area contributed by atoms with Crippen molar-refractivity contribution < 1.29 is 59.5 Å². The lowest BCUT2D eigenvalue weighted by Gasteiger charge is -2.06. The minimum Gasteiger partial charge on any atom is -0.446 e. The van der Waals surface area contributed by atoms with Gasteiger partial charge in [0.15, 0.2) is 0 Å². The summed E-state index contributed by atoms with van der Waals surface area (Å²) >= 11 is 0. The number of aryl methyl sites for hydroxylation is 1. The van der Waals surface area contributed by atoms with E-state index in [1.165, 1.54) is 12.1 Å². The normalized spacial score (nSPS) is 9.42. The molecule has 262 valence electrons. The maximum Gasteiger partial charge on any atom is 0.489 e. The van der Waals surface area contributed by atoms with Gasteiger partial charge in [-0.3, -0.25) is 19.2 Å². The van der Waals surface area contributed by atoms with E-state index in [0.29, 0.717) is 63.2 Å². The molecule has 0 aromatic heterocycles. The molecule has 0 aliphatic rings. The summed E-state index contributed by atoms with van der Waals surface area (Å²) in [5.41, 5.74) is 5.11. The number of rotatable bonds is 10. The summed E-state index contributed by atoms with van der Waals surface area (Å²) in [6, 6.07) is 21.3. The topological polar surface area (TPSA) is 230 Å². The van der Waals surface area contributed by atoms with E-state index < -0.39 is 28.1 Å². The second-order valence-electron chi connectivity index (χ2n) is 10.5. The Hall–Kier alpha value is -4.50. The van der Waals surface area contributed by atoms with Crippen LogP contribution in [0.25, 0.3) is 0 Å². The first kappa shape index (κ1) is 45.5. The second-order valence-corrected chi connectivity index (χ2v) is 10.5. The number of hydrogen-bond acceptors (Lipinski definition) is 12. The van der Waals surface area contributed by atoms with E-state index in [9.17, 15) is 29.2 Å². The summed E-state index contributed by atoms with van der Waals surface area (Å²) in [4.78, 5) is 41.9. The smallest absolute Gasteiger partial charge is 0.446 e. The minimum atomic E-state index is -1.69. The Kier molecular flexibility index (Phi) is 21.6. The molecule has 0 heterocycles. The first-order valence-corrected chi connectivity index (χ1v) is 14.8. The molecule has 0 aliphatic heterocycles. The molecule has 0 radical (unpaired) electrons. The van der Waals surface area contributed by atoms with Crippen molar-refractivity contribution in [3.63, 3.8) is 0 Å². The maximum absolute atomic E-state index is 10.6. The molecule has 0 atom stereocenters. The average molecular weight is 686 g/mol. The molecule has 0 bridgehead atoms. The van der Waals surface area contributed by atoms with E-state index >= 15 is 0 Å². The molecule has 0 fully saturated rings. The highest BCUT2D eigenvalue weighted by Gasteiger charge is 2.18. The standard InChI is InChI=1S/C9H11BO3.C8H9BO4.C8H9BO3.C8H9BO2.CH4/c1-10(13)9-3-2-7(5-11)4-8(9)6-12;10-4-6-1-2-7(5-11)8(3-6)9(12)13;1-6-3-2-4-7(5-10)8(6)9(11)12;1-9(11)8-5-3-2-4-7(8)6-10;/h2-4,6,11,13H,5H2,1H3;1-3,5,10,12-13H,4H2;2-5,11-12H,1H3;2-6,11H,1H3;1H4. The lowest BCUT2D eigenvalue weighted by molar-refractivity contribution is 0.111. The highest BCUT2D eigenvalue weighted by molar-refractivity contribution is 6.66. The second kappa shape index (κ2) is 23.8. The van der Waals surface area contributed by atoms with Crippen molar-refractivity contribution in [2.45, 2.75) is 41.2 Å². The van der Waals surface area contributed by atoms with Crippen LogP contribution in [-0.2, 0) is 13.2 Å². The molecule has 4 aromatic carbocycles. The largest absolute Gasteiger partial charge is 0.489 e. The number of aliphatic hydroxyl groups is 2. The van der Waals surface area contributed by atoms with Crippen LogP contribution in [0.3, 0.4) is 0 Å².